The fourth-order valence-electron chi connectivity index (χ4n) is 3.99. The Morgan fingerprint density at radius 2 is 1.76 bits per heavy atom. The van der Waals surface area contributed by atoms with Gasteiger partial charge >= 0.3 is 6.09 Å². The number of alkyl carbamates (subject to hydrolysis) is 1. The van der Waals surface area contributed by atoms with Gasteiger partial charge in [-0.1, -0.05) is 0 Å². The van der Waals surface area contributed by atoms with E-state index in [1.165, 1.54) is 18.2 Å². The number of carbonyl (C=O) groups excluding carboxylic acids is 1. The number of hydrogen-bond donors (Lipinski definition) is 2. The fourth-order valence-corrected chi connectivity index (χ4v) is 3.99. The second kappa shape index (κ2) is 6.83. The highest BCUT2D eigenvalue weighted by Gasteiger charge is 2.37. The molecule has 0 bridgehead atoms. The molecule has 0 saturated heterocycles. The summed E-state index contributed by atoms with van der Waals surface area (Å²) in [4.78, 5) is 14.9. The number of ether oxygens (including phenoxy) is 1. The van der Waals surface area contributed by atoms with Gasteiger partial charge in [0.25, 0.3) is 0 Å². The van der Waals surface area contributed by atoms with Crippen molar-refractivity contribution in [1.82, 2.24) is 10.3 Å². The summed E-state index contributed by atoms with van der Waals surface area (Å²) >= 11 is 0. The Labute approximate surface area is 165 Å². The average molecular weight is 400 g/mol. The van der Waals surface area contributed by atoms with Crippen molar-refractivity contribution in [3.05, 3.63) is 59.4 Å². The summed E-state index contributed by atoms with van der Waals surface area (Å²) in [6.07, 6.45) is 2.45. The number of carbonyl (C=O) groups is 1. The van der Waals surface area contributed by atoms with Crippen molar-refractivity contribution in [2.75, 3.05) is 0 Å². The number of rotatable bonds is 4. The molecule has 2 fully saturated rings. The smallest absolute Gasteiger partial charge is 0.407 e. The molecule has 1 heterocycles. The normalized spacial score (nSPS) is 21.1. The fraction of sp³-hybridized carbons (Fsp3) is 0.318. The Morgan fingerprint density at radius 3 is 2.45 bits per heavy atom. The zero-order chi connectivity index (χ0) is 20.1. The van der Waals surface area contributed by atoms with E-state index in [0.29, 0.717) is 29.5 Å². The van der Waals surface area contributed by atoms with Crippen LogP contribution < -0.4 is 5.32 Å². The van der Waals surface area contributed by atoms with Crippen molar-refractivity contribution in [3.63, 3.8) is 0 Å². The van der Waals surface area contributed by atoms with Gasteiger partial charge in [-0.15, -0.1) is 0 Å². The van der Waals surface area contributed by atoms with Crippen molar-refractivity contribution in [3.8, 4) is 11.3 Å². The molecule has 3 aromatic rings. The topological polar surface area (TPSA) is 54.1 Å². The zero-order valence-electron chi connectivity index (χ0n) is 15.5. The molecule has 1 aromatic heterocycles. The minimum absolute atomic E-state index is 0.0243. The number of nitrogens with one attached hydrogen (secondary N) is 2. The molecule has 0 unspecified atom stereocenters. The van der Waals surface area contributed by atoms with Crippen LogP contribution in [0.15, 0.2) is 36.4 Å². The SMILES string of the molecule is O=C(NC1CC1)OC1CC(c2c(-c3ccc(F)cc3)[nH]c3c(F)cc(F)cc23)C1. The molecule has 0 spiro atoms. The van der Waals surface area contributed by atoms with E-state index in [2.05, 4.69) is 10.3 Å². The van der Waals surface area contributed by atoms with Crippen molar-refractivity contribution in [1.29, 1.82) is 0 Å². The third-order valence-corrected chi connectivity index (χ3v) is 5.67. The Kier molecular flexibility index (Phi) is 4.26. The summed E-state index contributed by atoms with van der Waals surface area (Å²) in [7, 11) is 0. The third kappa shape index (κ3) is 3.45. The predicted octanol–water partition coefficient (Wildman–Crippen LogP) is 5.39. The summed E-state index contributed by atoms with van der Waals surface area (Å²) < 4.78 is 47.1. The van der Waals surface area contributed by atoms with Crippen LogP contribution in [-0.2, 0) is 4.74 Å². The number of aromatic amines is 1. The Hall–Kier alpha value is -2.96. The second-order valence-electron chi connectivity index (χ2n) is 7.84. The Balaban J connectivity index is 1.46. The van der Waals surface area contributed by atoms with E-state index in [4.69, 9.17) is 4.74 Å². The highest BCUT2D eigenvalue weighted by Crippen LogP contribution is 2.46. The van der Waals surface area contributed by atoms with Crippen LogP contribution in [0.2, 0.25) is 0 Å². The molecule has 0 atom stereocenters. The molecule has 5 rings (SSSR count). The van der Waals surface area contributed by atoms with Crippen molar-refractivity contribution >= 4 is 17.0 Å². The lowest BCUT2D eigenvalue weighted by molar-refractivity contribution is 0.0396. The van der Waals surface area contributed by atoms with E-state index in [1.54, 1.807) is 12.1 Å². The van der Waals surface area contributed by atoms with Crippen LogP contribution in [0.3, 0.4) is 0 Å². The monoisotopic (exact) mass is 400 g/mol. The number of fused-ring (bicyclic) bond motifs is 1. The van der Waals surface area contributed by atoms with Gasteiger partial charge in [-0.05, 0) is 73.1 Å². The summed E-state index contributed by atoms with van der Waals surface area (Å²) in [5.74, 6) is -1.73. The van der Waals surface area contributed by atoms with E-state index < -0.39 is 17.7 Å². The predicted molar refractivity (Wildman–Crippen MR) is 102 cm³/mol. The maximum atomic E-state index is 14.4. The maximum absolute atomic E-state index is 14.4. The number of H-pyrrole nitrogens is 1. The molecule has 2 aliphatic carbocycles. The second-order valence-corrected chi connectivity index (χ2v) is 7.84. The highest BCUT2D eigenvalue weighted by molar-refractivity contribution is 5.92. The van der Waals surface area contributed by atoms with Gasteiger partial charge in [-0.3, -0.25) is 0 Å². The van der Waals surface area contributed by atoms with Gasteiger partial charge in [0.05, 0.1) is 11.2 Å². The van der Waals surface area contributed by atoms with E-state index in [0.717, 1.165) is 24.5 Å². The first kappa shape index (κ1) is 18.1. The standard InChI is InChI=1S/C22H19F3N2O2/c23-13-3-1-11(2-4-13)20-19(17-9-14(24)10-18(25)21(17)27-20)12-7-16(8-12)29-22(28)26-15-5-6-15/h1-4,9-10,12,15-16,27H,5-8H2,(H,26,28). The molecule has 2 aliphatic rings. The van der Waals surface area contributed by atoms with E-state index in [-0.39, 0.29) is 29.4 Å². The first-order valence-corrected chi connectivity index (χ1v) is 9.71. The number of halogens is 3. The first-order chi connectivity index (χ1) is 14.0. The largest absolute Gasteiger partial charge is 0.446 e. The average Bonchev–Trinajstić information content (AvgIpc) is 3.37. The van der Waals surface area contributed by atoms with E-state index in [1.807, 2.05) is 0 Å². The molecule has 2 aromatic carbocycles. The molecule has 29 heavy (non-hydrogen) atoms. The van der Waals surface area contributed by atoms with Crippen LogP contribution in [-0.4, -0.2) is 23.2 Å². The van der Waals surface area contributed by atoms with Gasteiger partial charge in [0.2, 0.25) is 0 Å². The van der Waals surface area contributed by atoms with Crippen LogP contribution in [0.1, 0.15) is 37.2 Å². The van der Waals surface area contributed by atoms with Gasteiger partial charge in [-0.2, -0.15) is 0 Å². The summed E-state index contributed by atoms with van der Waals surface area (Å²) in [6.45, 7) is 0. The lowest BCUT2D eigenvalue weighted by Crippen LogP contribution is -2.36. The van der Waals surface area contributed by atoms with Crippen LogP contribution in [0.5, 0.6) is 0 Å². The Bertz CT molecular complexity index is 1080. The van der Waals surface area contributed by atoms with Crippen LogP contribution in [0, 0.1) is 17.5 Å². The van der Waals surface area contributed by atoms with E-state index in [9.17, 15) is 18.0 Å². The molecule has 1 amide bonds. The van der Waals surface area contributed by atoms with Gasteiger partial charge in [-0.25, -0.2) is 18.0 Å². The lowest BCUT2D eigenvalue weighted by Gasteiger charge is -2.35. The zero-order valence-corrected chi connectivity index (χ0v) is 15.5. The molecule has 0 aliphatic heterocycles. The minimum atomic E-state index is -0.675. The number of benzene rings is 2. The molecule has 2 N–H and O–H groups in total. The maximum Gasteiger partial charge on any atom is 0.407 e. The van der Waals surface area contributed by atoms with Crippen LogP contribution in [0.4, 0.5) is 18.0 Å². The van der Waals surface area contributed by atoms with Gasteiger partial charge in [0.1, 0.15) is 23.6 Å². The van der Waals surface area contributed by atoms with Crippen molar-refractivity contribution < 1.29 is 22.7 Å². The summed E-state index contributed by atoms with van der Waals surface area (Å²) in [5.41, 5.74) is 2.31. The molecule has 7 heteroatoms. The molecule has 4 nitrogen and oxygen atoms in total. The van der Waals surface area contributed by atoms with Gasteiger partial charge < -0.3 is 15.0 Å². The van der Waals surface area contributed by atoms with Gasteiger partial charge in [0, 0.05) is 17.5 Å². The molecule has 0 radical (unpaired) electrons. The first-order valence-electron chi connectivity index (χ1n) is 9.71. The van der Waals surface area contributed by atoms with E-state index >= 15 is 0 Å². The minimum Gasteiger partial charge on any atom is -0.446 e. The lowest BCUT2D eigenvalue weighted by atomic mass is 9.75. The van der Waals surface area contributed by atoms with Crippen LogP contribution >= 0.6 is 0 Å². The Morgan fingerprint density at radius 1 is 1.03 bits per heavy atom. The third-order valence-electron chi connectivity index (χ3n) is 5.67. The van der Waals surface area contributed by atoms with Gasteiger partial charge in [0.15, 0.2) is 0 Å². The molecule has 2 saturated carbocycles. The van der Waals surface area contributed by atoms with Crippen LogP contribution in [0.25, 0.3) is 22.2 Å². The summed E-state index contributed by atoms with van der Waals surface area (Å²) in [5, 5.41) is 3.25. The number of hydrogen-bond acceptors (Lipinski definition) is 2. The molecular formula is C22H19F3N2O2. The van der Waals surface area contributed by atoms with Crippen molar-refractivity contribution in [2.24, 2.45) is 0 Å². The highest BCUT2D eigenvalue weighted by atomic mass is 19.1. The molecule has 150 valence electrons. The number of amides is 1. The quantitative estimate of drug-likeness (QED) is 0.617. The van der Waals surface area contributed by atoms with Crippen molar-refractivity contribution in [2.45, 2.75) is 43.7 Å². The summed E-state index contributed by atoms with van der Waals surface area (Å²) in [6, 6.07) is 8.24. The molecular weight excluding hydrogens is 381 g/mol. The number of aromatic nitrogens is 1.